The molecule has 0 saturated heterocycles. The second kappa shape index (κ2) is 7.10. The van der Waals surface area contributed by atoms with Crippen LogP contribution in [-0.2, 0) is 11.3 Å². The summed E-state index contributed by atoms with van der Waals surface area (Å²) < 4.78 is 6.60. The minimum atomic E-state index is 0.487. The van der Waals surface area contributed by atoms with Crippen LogP contribution in [0.1, 0.15) is 12.6 Å². The van der Waals surface area contributed by atoms with Crippen LogP contribution in [0.2, 0.25) is 0 Å². The summed E-state index contributed by atoms with van der Waals surface area (Å²) in [6, 6.07) is 1.92. The molecule has 0 saturated carbocycles. The van der Waals surface area contributed by atoms with Crippen molar-refractivity contribution in [1.82, 2.24) is 15.0 Å². The smallest absolute Gasteiger partial charge is 0.183 e. The molecule has 0 aliphatic heterocycles. The zero-order valence-electron chi connectivity index (χ0n) is 12.2. The van der Waals surface area contributed by atoms with E-state index in [9.17, 15) is 0 Å². The van der Waals surface area contributed by atoms with Crippen molar-refractivity contribution in [2.75, 3.05) is 25.0 Å². The highest BCUT2D eigenvalue weighted by Gasteiger charge is 2.17. The third-order valence-electron chi connectivity index (χ3n) is 2.95. The SMILES string of the molecule is CCOCc1nc(NCCN)sc1-c1nc2ccncc2s1. The lowest BCUT2D eigenvalue weighted by atomic mass is 10.4. The molecule has 3 rings (SSSR count). The first-order valence-electron chi connectivity index (χ1n) is 7.04. The van der Waals surface area contributed by atoms with E-state index in [0.717, 1.165) is 30.9 Å². The van der Waals surface area contributed by atoms with Gasteiger partial charge in [-0.25, -0.2) is 9.97 Å². The standard InChI is InChI=1S/C14H17N5OS2/c1-2-20-8-10-12(22-14(19-10)17-6-4-15)13-18-9-3-5-16-7-11(9)21-13/h3,5,7H,2,4,6,8,15H2,1H3,(H,17,19). The van der Waals surface area contributed by atoms with Crippen molar-refractivity contribution in [2.45, 2.75) is 13.5 Å². The summed E-state index contributed by atoms with van der Waals surface area (Å²) in [6.07, 6.45) is 3.60. The van der Waals surface area contributed by atoms with Crippen molar-refractivity contribution in [1.29, 1.82) is 0 Å². The number of aromatic nitrogens is 3. The fraction of sp³-hybridized carbons (Fsp3) is 0.357. The minimum Gasteiger partial charge on any atom is -0.375 e. The second-order valence-electron chi connectivity index (χ2n) is 4.51. The maximum Gasteiger partial charge on any atom is 0.183 e. The van der Waals surface area contributed by atoms with E-state index in [1.54, 1.807) is 28.9 Å². The minimum absolute atomic E-state index is 0.487. The van der Waals surface area contributed by atoms with Crippen LogP contribution < -0.4 is 11.1 Å². The molecule has 0 aromatic carbocycles. The van der Waals surface area contributed by atoms with Gasteiger partial charge in [0.25, 0.3) is 0 Å². The molecule has 0 amide bonds. The first-order chi connectivity index (χ1) is 10.8. The highest BCUT2D eigenvalue weighted by Crippen LogP contribution is 2.37. The van der Waals surface area contributed by atoms with Gasteiger partial charge >= 0.3 is 0 Å². The van der Waals surface area contributed by atoms with Gasteiger partial charge in [-0.05, 0) is 13.0 Å². The van der Waals surface area contributed by atoms with E-state index in [0.29, 0.717) is 26.3 Å². The molecular formula is C14H17N5OS2. The number of nitrogens with one attached hydrogen (secondary N) is 1. The Hall–Kier alpha value is -1.61. The van der Waals surface area contributed by atoms with Crippen molar-refractivity contribution < 1.29 is 4.74 Å². The van der Waals surface area contributed by atoms with E-state index >= 15 is 0 Å². The van der Waals surface area contributed by atoms with Crippen LogP contribution in [-0.4, -0.2) is 34.6 Å². The molecule has 3 aromatic heterocycles. The van der Waals surface area contributed by atoms with Gasteiger partial charge in [0.15, 0.2) is 5.13 Å². The molecule has 0 bridgehead atoms. The predicted octanol–water partition coefficient (Wildman–Crippen LogP) is 2.72. The second-order valence-corrected chi connectivity index (χ2v) is 6.54. The molecule has 0 radical (unpaired) electrons. The monoisotopic (exact) mass is 335 g/mol. The Labute approximate surface area is 136 Å². The Morgan fingerprint density at radius 1 is 1.32 bits per heavy atom. The van der Waals surface area contributed by atoms with E-state index < -0.39 is 0 Å². The Balaban J connectivity index is 1.97. The van der Waals surface area contributed by atoms with Crippen LogP contribution in [0.25, 0.3) is 20.1 Å². The number of fused-ring (bicyclic) bond motifs is 1. The van der Waals surface area contributed by atoms with E-state index in [2.05, 4.69) is 20.3 Å². The molecule has 3 aromatic rings. The Morgan fingerprint density at radius 2 is 2.23 bits per heavy atom. The van der Waals surface area contributed by atoms with Crippen molar-refractivity contribution in [3.8, 4) is 9.88 Å². The average molecular weight is 335 g/mol. The van der Waals surface area contributed by atoms with Crippen molar-refractivity contribution in [3.63, 3.8) is 0 Å². The number of anilines is 1. The molecule has 0 atom stereocenters. The lowest BCUT2D eigenvalue weighted by molar-refractivity contribution is 0.132. The molecule has 22 heavy (non-hydrogen) atoms. The highest BCUT2D eigenvalue weighted by molar-refractivity contribution is 7.26. The predicted molar refractivity (Wildman–Crippen MR) is 91.4 cm³/mol. The van der Waals surface area contributed by atoms with Crippen LogP contribution in [0.5, 0.6) is 0 Å². The molecule has 116 valence electrons. The van der Waals surface area contributed by atoms with Gasteiger partial charge < -0.3 is 15.8 Å². The molecule has 0 spiro atoms. The lowest BCUT2D eigenvalue weighted by Crippen LogP contribution is -2.12. The summed E-state index contributed by atoms with van der Waals surface area (Å²) in [5, 5.41) is 5.04. The van der Waals surface area contributed by atoms with Gasteiger partial charge in [0.1, 0.15) is 5.01 Å². The molecule has 3 N–H and O–H groups in total. The first-order valence-corrected chi connectivity index (χ1v) is 8.67. The molecule has 0 aliphatic carbocycles. The number of rotatable bonds is 7. The Bertz CT molecular complexity index is 722. The van der Waals surface area contributed by atoms with E-state index in [-0.39, 0.29) is 0 Å². The quantitative estimate of drug-likeness (QED) is 0.690. The van der Waals surface area contributed by atoms with Crippen LogP contribution >= 0.6 is 22.7 Å². The number of hydrogen-bond acceptors (Lipinski definition) is 8. The van der Waals surface area contributed by atoms with Crippen LogP contribution in [0.3, 0.4) is 0 Å². The molecule has 0 aliphatic rings. The van der Waals surface area contributed by atoms with Crippen LogP contribution in [0.4, 0.5) is 5.13 Å². The zero-order chi connectivity index (χ0) is 15.4. The van der Waals surface area contributed by atoms with Gasteiger partial charge in [0, 0.05) is 32.1 Å². The third-order valence-corrected chi connectivity index (χ3v) is 5.16. The molecule has 8 heteroatoms. The molecule has 0 fully saturated rings. The fourth-order valence-electron chi connectivity index (χ4n) is 1.95. The number of thiazole rings is 2. The van der Waals surface area contributed by atoms with E-state index in [1.807, 2.05) is 19.2 Å². The molecular weight excluding hydrogens is 318 g/mol. The third kappa shape index (κ3) is 3.25. The first kappa shape index (κ1) is 15.3. The summed E-state index contributed by atoms with van der Waals surface area (Å²) in [5.41, 5.74) is 7.41. The maximum absolute atomic E-state index is 5.54. The zero-order valence-corrected chi connectivity index (χ0v) is 13.8. The summed E-state index contributed by atoms with van der Waals surface area (Å²) in [6.45, 7) is 4.39. The van der Waals surface area contributed by atoms with E-state index in [4.69, 9.17) is 10.5 Å². The van der Waals surface area contributed by atoms with Gasteiger partial charge in [-0.1, -0.05) is 11.3 Å². The van der Waals surface area contributed by atoms with Gasteiger partial charge in [0.05, 0.1) is 27.4 Å². The molecule has 6 nitrogen and oxygen atoms in total. The normalized spacial score (nSPS) is 11.2. The Kier molecular flexibility index (Phi) is 4.94. The molecule has 0 unspecified atom stereocenters. The van der Waals surface area contributed by atoms with E-state index in [1.165, 1.54) is 0 Å². The number of hydrogen-bond donors (Lipinski definition) is 2. The summed E-state index contributed by atoms with van der Waals surface area (Å²) in [4.78, 5) is 14.5. The fourth-order valence-corrected chi connectivity index (χ4v) is 3.97. The Morgan fingerprint density at radius 3 is 3.00 bits per heavy atom. The van der Waals surface area contributed by atoms with Gasteiger partial charge in [-0.3, -0.25) is 4.98 Å². The van der Waals surface area contributed by atoms with Crippen molar-refractivity contribution >= 4 is 38.0 Å². The number of nitrogens with zero attached hydrogens (tertiary/aromatic N) is 3. The van der Waals surface area contributed by atoms with Crippen LogP contribution in [0, 0.1) is 0 Å². The lowest BCUT2D eigenvalue weighted by Gasteiger charge is -1.99. The number of pyridine rings is 1. The summed E-state index contributed by atoms with van der Waals surface area (Å²) >= 11 is 3.21. The summed E-state index contributed by atoms with van der Waals surface area (Å²) in [5.74, 6) is 0. The highest BCUT2D eigenvalue weighted by atomic mass is 32.1. The van der Waals surface area contributed by atoms with Crippen LogP contribution in [0.15, 0.2) is 18.5 Å². The van der Waals surface area contributed by atoms with Gasteiger partial charge in [-0.15, -0.1) is 11.3 Å². The largest absolute Gasteiger partial charge is 0.375 e. The van der Waals surface area contributed by atoms with Gasteiger partial charge in [-0.2, -0.15) is 0 Å². The number of nitrogens with two attached hydrogens (primary N) is 1. The maximum atomic E-state index is 5.54. The van der Waals surface area contributed by atoms with Crippen molar-refractivity contribution in [2.24, 2.45) is 5.73 Å². The average Bonchev–Trinajstić information content (AvgIpc) is 3.14. The number of ether oxygens (including phenoxy) is 1. The van der Waals surface area contributed by atoms with Crippen molar-refractivity contribution in [3.05, 3.63) is 24.2 Å². The molecule has 3 heterocycles. The van der Waals surface area contributed by atoms with Gasteiger partial charge in [0.2, 0.25) is 0 Å². The topological polar surface area (TPSA) is 86.0 Å². The summed E-state index contributed by atoms with van der Waals surface area (Å²) in [7, 11) is 0.